The molecule has 0 bridgehead atoms. The van der Waals surface area contributed by atoms with Gasteiger partial charge in [-0.2, -0.15) is 0 Å². The standard InChI is InChI=1S/C53H79N15O20/c1-25(2)17-33(63-50(85)38(23-70)67-49(84)36(20-42(76)77)61-41(75)21-59-44(79)31(54)14-15-40(55)74)47(82)62-32(5-4-16-58-53(56)57)45(80)66-37(22-69)51(86)65-35(19-28-8-12-30(73)13-9-28)48(83)64-34(18-27-6-10-29(72)11-7-27)46(81)60-26(3)43(78)68-39(24-71)52(87)88/h6-13,25-26,31-39,69-73H,4-5,14-24,54H2,1-3H3,(H2,55,74)(H,59,79)(H,60,81)(H,61,75)(H,62,82)(H,63,85)(H,64,83)(H,65,86)(H,66,80)(H,67,84)(H,68,78)(H,76,77)(H,87,88)(H4,56,57,58)/t26-,31-,32-,33-,34-,35-,36-,37-,38-,39-/m0/s1. The molecule has 10 atom stereocenters. The molecule has 35 nitrogen and oxygen atoms in total. The molecule has 11 amide bonds. The van der Waals surface area contributed by atoms with Crippen LogP contribution in [0.4, 0.5) is 0 Å². The number of benzene rings is 2. The molecule has 0 aromatic heterocycles. The van der Waals surface area contributed by atoms with E-state index in [4.69, 9.17) is 22.9 Å². The first-order chi connectivity index (χ1) is 41.4. The number of aliphatic imine (C=N–C) groups is 1. The number of phenols is 2. The van der Waals surface area contributed by atoms with Gasteiger partial charge in [0.15, 0.2) is 5.96 Å². The molecule has 0 spiro atoms. The number of phenolic OH excluding ortho intramolecular Hbond substituents is 2. The summed E-state index contributed by atoms with van der Waals surface area (Å²) in [5.74, 6) is -16.0. The van der Waals surface area contributed by atoms with Gasteiger partial charge in [-0.15, -0.1) is 0 Å². The van der Waals surface area contributed by atoms with Crippen molar-refractivity contribution in [3.8, 4) is 11.5 Å². The number of aliphatic hydroxyl groups is 3. The number of hydrogen-bond donors (Lipinski definition) is 21. The molecule has 0 saturated heterocycles. The fourth-order valence-corrected chi connectivity index (χ4v) is 7.87. The first-order valence-corrected chi connectivity index (χ1v) is 27.3. The molecule has 88 heavy (non-hydrogen) atoms. The average Bonchev–Trinajstić information content (AvgIpc) is 2.10. The predicted molar refractivity (Wildman–Crippen MR) is 307 cm³/mol. The lowest BCUT2D eigenvalue weighted by molar-refractivity contribution is -0.143. The van der Waals surface area contributed by atoms with E-state index in [0.29, 0.717) is 11.1 Å². The summed E-state index contributed by atoms with van der Waals surface area (Å²) >= 11 is 0. The molecule has 486 valence electrons. The van der Waals surface area contributed by atoms with Crippen LogP contribution in [0.25, 0.3) is 0 Å². The number of guanidine groups is 1. The summed E-state index contributed by atoms with van der Waals surface area (Å²) in [6.45, 7) is 0.243. The summed E-state index contributed by atoms with van der Waals surface area (Å²) in [7, 11) is 0. The summed E-state index contributed by atoms with van der Waals surface area (Å²) in [5.41, 5.74) is 22.3. The van der Waals surface area contributed by atoms with Gasteiger partial charge in [-0.25, -0.2) is 4.79 Å². The Labute approximate surface area is 503 Å². The number of primary amides is 1. The maximum atomic E-state index is 14.4. The maximum absolute atomic E-state index is 14.4. The number of rotatable bonds is 39. The van der Waals surface area contributed by atoms with E-state index >= 15 is 0 Å². The van der Waals surface area contributed by atoms with Crippen LogP contribution in [0.1, 0.15) is 70.4 Å². The van der Waals surface area contributed by atoms with Crippen molar-refractivity contribution in [2.45, 2.75) is 133 Å². The minimum Gasteiger partial charge on any atom is -0.508 e. The number of aliphatic hydroxyl groups excluding tert-OH is 3. The second-order valence-electron chi connectivity index (χ2n) is 20.4. The Morgan fingerprint density at radius 1 is 0.489 bits per heavy atom. The van der Waals surface area contributed by atoms with Gasteiger partial charge < -0.3 is 112 Å². The van der Waals surface area contributed by atoms with E-state index in [-0.39, 0.29) is 68.9 Å². The Kier molecular flexibility index (Phi) is 31.8. The van der Waals surface area contributed by atoms with Gasteiger partial charge >= 0.3 is 11.9 Å². The quantitative estimate of drug-likeness (QED) is 0.0168. The van der Waals surface area contributed by atoms with E-state index in [1.54, 1.807) is 13.8 Å². The van der Waals surface area contributed by atoms with E-state index in [2.05, 4.69) is 52.8 Å². The van der Waals surface area contributed by atoms with Crippen molar-refractivity contribution in [1.29, 1.82) is 0 Å². The van der Waals surface area contributed by atoms with Crippen LogP contribution in [0, 0.1) is 5.92 Å². The number of nitrogens with one attached hydrogen (secondary N) is 10. The summed E-state index contributed by atoms with van der Waals surface area (Å²) in [4.78, 5) is 174. The normalized spacial score (nSPS) is 14.3. The molecule has 0 aliphatic rings. The van der Waals surface area contributed by atoms with Crippen molar-refractivity contribution in [3.05, 3.63) is 59.7 Å². The number of hydrogen-bond acceptors (Lipinski definition) is 20. The highest BCUT2D eigenvalue weighted by molar-refractivity contribution is 5.99. The van der Waals surface area contributed by atoms with Gasteiger partial charge in [0.1, 0.15) is 65.9 Å². The Bertz CT molecular complexity index is 2780. The van der Waals surface area contributed by atoms with Crippen molar-refractivity contribution in [3.63, 3.8) is 0 Å². The van der Waals surface area contributed by atoms with Crippen LogP contribution < -0.4 is 76.1 Å². The zero-order valence-corrected chi connectivity index (χ0v) is 48.4. The molecule has 0 fully saturated rings. The van der Waals surface area contributed by atoms with Gasteiger partial charge in [-0.1, -0.05) is 38.1 Å². The third kappa shape index (κ3) is 27.5. The Hall–Kier alpha value is -9.74. The molecule has 2 aromatic carbocycles. The van der Waals surface area contributed by atoms with Crippen LogP contribution in [0.15, 0.2) is 53.5 Å². The second kappa shape index (κ2) is 37.6. The number of nitrogens with two attached hydrogens (primary N) is 4. The molecule has 2 rings (SSSR count). The summed E-state index contributed by atoms with van der Waals surface area (Å²) in [6.07, 6.45) is -2.65. The fourth-order valence-electron chi connectivity index (χ4n) is 7.87. The van der Waals surface area contributed by atoms with Crippen molar-refractivity contribution >= 4 is 82.9 Å². The Morgan fingerprint density at radius 2 is 0.898 bits per heavy atom. The molecule has 35 heteroatoms. The molecular formula is C53H79N15O20. The van der Waals surface area contributed by atoms with Gasteiger partial charge in [0.2, 0.25) is 65.0 Å². The van der Waals surface area contributed by atoms with Gasteiger partial charge in [0, 0.05) is 25.8 Å². The van der Waals surface area contributed by atoms with Gasteiger partial charge in [0.05, 0.1) is 38.8 Å². The average molecular weight is 1250 g/mol. The van der Waals surface area contributed by atoms with Crippen LogP contribution in [-0.2, 0) is 75.2 Å². The van der Waals surface area contributed by atoms with Crippen LogP contribution in [0.3, 0.4) is 0 Å². The van der Waals surface area contributed by atoms with E-state index in [1.165, 1.54) is 55.5 Å². The molecule has 0 aliphatic carbocycles. The number of nitrogens with zero attached hydrogens (tertiary/aromatic N) is 1. The first kappa shape index (κ1) is 74.4. The highest BCUT2D eigenvalue weighted by Crippen LogP contribution is 2.15. The van der Waals surface area contributed by atoms with Gasteiger partial charge in [-0.05, 0) is 73.9 Å². The lowest BCUT2D eigenvalue weighted by Crippen LogP contribution is -2.61. The van der Waals surface area contributed by atoms with Crippen LogP contribution in [0.5, 0.6) is 11.5 Å². The number of carbonyl (C=O) groups is 13. The smallest absolute Gasteiger partial charge is 0.328 e. The molecular weight excluding hydrogens is 1170 g/mol. The molecule has 2 aromatic rings. The van der Waals surface area contributed by atoms with Crippen LogP contribution in [0.2, 0.25) is 0 Å². The number of aromatic hydroxyl groups is 2. The third-order valence-electron chi connectivity index (χ3n) is 12.6. The molecule has 0 saturated carbocycles. The summed E-state index contributed by atoms with van der Waals surface area (Å²) in [6, 6.07) is -5.93. The van der Waals surface area contributed by atoms with E-state index in [9.17, 15) is 98.1 Å². The van der Waals surface area contributed by atoms with Crippen molar-refractivity contribution in [2.24, 2.45) is 33.8 Å². The number of carbonyl (C=O) groups excluding carboxylic acids is 11. The highest BCUT2D eigenvalue weighted by Gasteiger charge is 2.36. The first-order valence-electron chi connectivity index (χ1n) is 27.3. The highest BCUT2D eigenvalue weighted by atomic mass is 16.4. The van der Waals surface area contributed by atoms with Crippen molar-refractivity contribution in [2.75, 3.05) is 32.9 Å². The van der Waals surface area contributed by atoms with Crippen molar-refractivity contribution < 1.29 is 98.1 Å². The number of aliphatic carboxylic acids is 2. The summed E-state index contributed by atoms with van der Waals surface area (Å²) in [5, 5.41) is 91.6. The SMILES string of the molecule is CC(C)C[C@H](NC(=O)[C@H](CO)NC(=O)[C@H](CC(=O)O)NC(=O)CNC(=O)[C@@H](N)CCC(N)=O)C(=O)N[C@@H](CCCN=C(N)N)C(=O)N[C@@H](CO)C(=O)N[C@@H](Cc1ccc(O)cc1)C(=O)N[C@@H](Cc1ccc(O)cc1)C(=O)N[C@@H](C)C(=O)N[C@@H](CO)C(=O)O. The predicted octanol–water partition coefficient (Wildman–Crippen LogP) is -8.39. The minimum atomic E-state index is -1.91. The number of carboxylic acids is 2. The molecule has 0 radical (unpaired) electrons. The number of amides is 11. The molecule has 25 N–H and O–H groups in total. The van der Waals surface area contributed by atoms with E-state index < -0.39 is 176 Å². The van der Waals surface area contributed by atoms with Crippen LogP contribution in [-0.4, -0.2) is 212 Å². The molecule has 0 unspecified atom stereocenters. The lowest BCUT2D eigenvalue weighted by atomic mass is 10.0. The summed E-state index contributed by atoms with van der Waals surface area (Å²) < 4.78 is 0. The Morgan fingerprint density at radius 3 is 1.34 bits per heavy atom. The fraction of sp³-hybridized carbons (Fsp3) is 0.509. The second-order valence-corrected chi connectivity index (χ2v) is 20.4. The zero-order valence-electron chi connectivity index (χ0n) is 48.4. The number of carboxylic acid groups (broad SMARTS) is 2. The minimum absolute atomic E-state index is 0.0281. The van der Waals surface area contributed by atoms with E-state index in [1.807, 2.05) is 5.32 Å². The van der Waals surface area contributed by atoms with Gasteiger partial charge in [-0.3, -0.25) is 62.5 Å². The van der Waals surface area contributed by atoms with Crippen LogP contribution >= 0.6 is 0 Å². The Balaban J connectivity index is 2.44. The van der Waals surface area contributed by atoms with Gasteiger partial charge in [0.25, 0.3) is 0 Å². The third-order valence-corrected chi connectivity index (χ3v) is 12.6. The zero-order chi connectivity index (χ0) is 66.4. The molecule has 0 heterocycles. The molecule has 0 aliphatic heterocycles. The largest absolute Gasteiger partial charge is 0.508 e. The monoisotopic (exact) mass is 1250 g/mol. The topological polar surface area (TPSA) is 600 Å². The maximum Gasteiger partial charge on any atom is 0.328 e. The van der Waals surface area contributed by atoms with E-state index in [0.717, 1.165) is 0 Å². The van der Waals surface area contributed by atoms with Crippen molar-refractivity contribution in [1.82, 2.24) is 53.2 Å². The lowest BCUT2D eigenvalue weighted by Gasteiger charge is -2.28.